The van der Waals surface area contributed by atoms with Crippen LogP contribution >= 0.6 is 0 Å². The van der Waals surface area contributed by atoms with Crippen LogP contribution < -0.4 is 0 Å². The quantitative estimate of drug-likeness (QED) is 0.0356. The molecule has 0 aliphatic carbocycles. The van der Waals surface area contributed by atoms with E-state index < -0.39 is 6.10 Å². The number of carbonyl (C=O) groups is 3. The van der Waals surface area contributed by atoms with E-state index in [1.165, 1.54) is 135 Å². The van der Waals surface area contributed by atoms with Gasteiger partial charge in [0, 0.05) is 19.3 Å². The van der Waals surface area contributed by atoms with Crippen molar-refractivity contribution in [3.05, 3.63) is 0 Å². The third kappa shape index (κ3) is 39.5. The van der Waals surface area contributed by atoms with E-state index in [9.17, 15) is 14.4 Å². The maximum atomic E-state index is 12.5. The first-order valence-corrected chi connectivity index (χ1v) is 22.4. The first-order valence-electron chi connectivity index (χ1n) is 22.4. The first kappa shape index (κ1) is 49.4. The smallest absolute Gasteiger partial charge is 0.306 e. The zero-order valence-electron chi connectivity index (χ0n) is 34.6. The van der Waals surface area contributed by atoms with Crippen LogP contribution in [0.15, 0.2) is 0 Å². The molecule has 0 N–H and O–H groups in total. The lowest BCUT2D eigenvalue weighted by Crippen LogP contribution is -2.30. The van der Waals surface area contributed by atoms with Crippen molar-refractivity contribution in [1.82, 2.24) is 0 Å². The molecule has 6 nitrogen and oxygen atoms in total. The standard InChI is InChI=1S/C45H86O6/c1-5-7-9-11-12-13-18-22-25-29-32-36-43(46)49-39-42(51-45(48)38-34-27-10-8-6-2)40-50-44(47)37-33-30-26-23-20-17-15-14-16-19-21-24-28-31-35-41(3)4/h41-42H,5-40H2,1-4H3/t42-/m0/s1. The summed E-state index contributed by atoms with van der Waals surface area (Å²) in [5, 5.41) is 0. The van der Waals surface area contributed by atoms with Gasteiger partial charge in [-0.2, -0.15) is 0 Å². The number of ether oxygens (including phenoxy) is 3. The fraction of sp³-hybridized carbons (Fsp3) is 0.933. The second-order valence-corrected chi connectivity index (χ2v) is 15.8. The zero-order valence-corrected chi connectivity index (χ0v) is 34.6. The average Bonchev–Trinajstić information content (AvgIpc) is 3.11. The van der Waals surface area contributed by atoms with Gasteiger partial charge in [0.1, 0.15) is 13.2 Å². The van der Waals surface area contributed by atoms with Gasteiger partial charge in [-0.1, -0.05) is 207 Å². The Hall–Kier alpha value is -1.59. The van der Waals surface area contributed by atoms with Gasteiger partial charge >= 0.3 is 17.9 Å². The Kier molecular flexibility index (Phi) is 38.4. The van der Waals surface area contributed by atoms with E-state index in [0.717, 1.165) is 70.1 Å². The number of hydrogen-bond donors (Lipinski definition) is 0. The molecule has 0 aromatic carbocycles. The minimum absolute atomic E-state index is 0.0652. The largest absolute Gasteiger partial charge is 0.462 e. The Balaban J connectivity index is 4.11. The molecular formula is C45H86O6. The third-order valence-corrected chi connectivity index (χ3v) is 10.0. The molecule has 0 saturated heterocycles. The first-order chi connectivity index (χ1) is 24.9. The third-order valence-electron chi connectivity index (χ3n) is 10.0. The molecule has 0 spiro atoms. The van der Waals surface area contributed by atoms with Crippen LogP contribution in [0.3, 0.4) is 0 Å². The minimum atomic E-state index is -0.756. The van der Waals surface area contributed by atoms with E-state index >= 15 is 0 Å². The Labute approximate surface area is 317 Å². The van der Waals surface area contributed by atoms with Gasteiger partial charge in [0.05, 0.1) is 0 Å². The van der Waals surface area contributed by atoms with E-state index in [1.54, 1.807) is 0 Å². The van der Waals surface area contributed by atoms with Gasteiger partial charge in [0.15, 0.2) is 6.10 Å². The van der Waals surface area contributed by atoms with Crippen LogP contribution in [-0.2, 0) is 28.6 Å². The van der Waals surface area contributed by atoms with E-state index in [-0.39, 0.29) is 31.1 Å². The monoisotopic (exact) mass is 723 g/mol. The summed E-state index contributed by atoms with van der Waals surface area (Å²) in [5.41, 5.74) is 0. The summed E-state index contributed by atoms with van der Waals surface area (Å²) >= 11 is 0. The molecule has 0 unspecified atom stereocenters. The molecule has 0 radical (unpaired) electrons. The topological polar surface area (TPSA) is 78.9 Å². The highest BCUT2D eigenvalue weighted by Crippen LogP contribution is 2.16. The lowest BCUT2D eigenvalue weighted by Gasteiger charge is -2.18. The van der Waals surface area contributed by atoms with Gasteiger partial charge in [-0.05, 0) is 25.2 Å². The molecule has 0 bridgehead atoms. The average molecular weight is 723 g/mol. The Morgan fingerprint density at radius 1 is 0.373 bits per heavy atom. The summed E-state index contributed by atoms with van der Waals surface area (Å²) in [6.45, 7) is 8.92. The summed E-state index contributed by atoms with van der Waals surface area (Å²) in [6.07, 6.45) is 38.3. The van der Waals surface area contributed by atoms with Gasteiger partial charge in [-0.3, -0.25) is 14.4 Å². The van der Waals surface area contributed by atoms with Crippen LogP contribution in [0, 0.1) is 5.92 Å². The molecule has 0 amide bonds. The van der Waals surface area contributed by atoms with E-state index in [1.807, 2.05) is 0 Å². The summed E-state index contributed by atoms with van der Waals surface area (Å²) in [6, 6.07) is 0. The van der Waals surface area contributed by atoms with Gasteiger partial charge in [0.25, 0.3) is 0 Å². The molecule has 0 heterocycles. The van der Waals surface area contributed by atoms with Crippen molar-refractivity contribution in [3.8, 4) is 0 Å². The van der Waals surface area contributed by atoms with Crippen molar-refractivity contribution < 1.29 is 28.6 Å². The summed E-state index contributed by atoms with van der Waals surface area (Å²) in [7, 11) is 0. The number of hydrogen-bond acceptors (Lipinski definition) is 6. The number of rotatable bonds is 40. The molecule has 0 fully saturated rings. The summed E-state index contributed by atoms with van der Waals surface area (Å²) in [4.78, 5) is 37.4. The van der Waals surface area contributed by atoms with Crippen molar-refractivity contribution in [2.45, 2.75) is 252 Å². The molecule has 0 rings (SSSR count). The minimum Gasteiger partial charge on any atom is -0.462 e. The number of carbonyl (C=O) groups excluding carboxylic acids is 3. The van der Waals surface area contributed by atoms with Crippen LogP contribution in [0.5, 0.6) is 0 Å². The second-order valence-electron chi connectivity index (χ2n) is 15.8. The van der Waals surface area contributed by atoms with Crippen molar-refractivity contribution in [3.63, 3.8) is 0 Å². The van der Waals surface area contributed by atoms with Crippen molar-refractivity contribution in [2.24, 2.45) is 5.92 Å². The SMILES string of the molecule is CCCCCCCCCCCCCC(=O)OC[C@@H](COC(=O)CCCCCCCCCCCCCCCCC(C)C)OC(=O)CCCCCCC. The predicted molar refractivity (Wildman–Crippen MR) is 215 cm³/mol. The van der Waals surface area contributed by atoms with Crippen LogP contribution in [0.1, 0.15) is 246 Å². The highest BCUT2D eigenvalue weighted by molar-refractivity contribution is 5.71. The zero-order chi connectivity index (χ0) is 37.5. The highest BCUT2D eigenvalue weighted by atomic mass is 16.6. The van der Waals surface area contributed by atoms with Crippen LogP contribution in [0.25, 0.3) is 0 Å². The lowest BCUT2D eigenvalue weighted by atomic mass is 10.0. The highest BCUT2D eigenvalue weighted by Gasteiger charge is 2.19. The fourth-order valence-corrected chi connectivity index (χ4v) is 6.63. The maximum absolute atomic E-state index is 12.5. The van der Waals surface area contributed by atoms with Crippen LogP contribution in [0.2, 0.25) is 0 Å². The van der Waals surface area contributed by atoms with Gasteiger partial charge in [0.2, 0.25) is 0 Å². The molecular weight excluding hydrogens is 636 g/mol. The molecule has 51 heavy (non-hydrogen) atoms. The van der Waals surface area contributed by atoms with Crippen molar-refractivity contribution in [2.75, 3.05) is 13.2 Å². The van der Waals surface area contributed by atoms with E-state index in [0.29, 0.717) is 19.3 Å². The maximum Gasteiger partial charge on any atom is 0.306 e. The molecule has 302 valence electrons. The van der Waals surface area contributed by atoms with Crippen LogP contribution in [0.4, 0.5) is 0 Å². The summed E-state index contributed by atoms with van der Waals surface area (Å²) < 4.78 is 16.6. The fourth-order valence-electron chi connectivity index (χ4n) is 6.63. The molecule has 0 aromatic rings. The Morgan fingerprint density at radius 2 is 0.647 bits per heavy atom. The van der Waals surface area contributed by atoms with Crippen molar-refractivity contribution in [1.29, 1.82) is 0 Å². The summed E-state index contributed by atoms with van der Waals surface area (Å²) in [5.74, 6) is -0.0254. The second kappa shape index (κ2) is 39.6. The Bertz CT molecular complexity index is 766. The number of esters is 3. The molecule has 0 saturated carbocycles. The molecule has 1 atom stereocenters. The van der Waals surface area contributed by atoms with Crippen molar-refractivity contribution >= 4 is 17.9 Å². The molecule has 6 heteroatoms. The van der Waals surface area contributed by atoms with E-state index in [2.05, 4.69) is 27.7 Å². The van der Waals surface area contributed by atoms with E-state index in [4.69, 9.17) is 14.2 Å². The normalized spacial score (nSPS) is 11.9. The molecule has 0 aromatic heterocycles. The Morgan fingerprint density at radius 3 is 0.961 bits per heavy atom. The van der Waals surface area contributed by atoms with Gasteiger partial charge in [-0.25, -0.2) is 0 Å². The van der Waals surface area contributed by atoms with Gasteiger partial charge in [-0.15, -0.1) is 0 Å². The van der Waals surface area contributed by atoms with Gasteiger partial charge < -0.3 is 14.2 Å². The molecule has 0 aliphatic rings. The molecule has 0 aliphatic heterocycles. The van der Waals surface area contributed by atoms with Crippen LogP contribution in [-0.4, -0.2) is 37.2 Å². The number of unbranched alkanes of at least 4 members (excludes halogenated alkanes) is 27. The predicted octanol–water partition coefficient (Wildman–Crippen LogP) is 13.9. The lowest BCUT2D eigenvalue weighted by molar-refractivity contribution is -0.167.